The van der Waals surface area contributed by atoms with Crippen molar-refractivity contribution in [2.24, 2.45) is 5.73 Å². The summed E-state index contributed by atoms with van der Waals surface area (Å²) < 4.78 is 11.6. The molecule has 2 N–H and O–H groups in total. The first-order valence-corrected chi connectivity index (χ1v) is 8.72. The summed E-state index contributed by atoms with van der Waals surface area (Å²) in [6.07, 6.45) is 0. The Morgan fingerprint density at radius 1 is 0.962 bits per heavy atom. The third-order valence-corrected chi connectivity index (χ3v) is 4.72. The Kier molecular flexibility index (Phi) is 4.41. The highest BCUT2D eigenvalue weighted by molar-refractivity contribution is 6.30. The molecule has 3 aromatic carbocycles. The number of halogens is 1. The van der Waals surface area contributed by atoms with Gasteiger partial charge in [-0.25, -0.2) is 0 Å². The predicted octanol–water partition coefficient (Wildman–Crippen LogP) is 5.81. The number of ether oxygens (including phenoxy) is 1. The maximum Gasteiger partial charge on any atom is 0.142 e. The number of methoxy groups -OCH3 is 1. The first-order valence-electron chi connectivity index (χ1n) is 8.34. The van der Waals surface area contributed by atoms with E-state index in [1.54, 1.807) is 13.2 Å². The van der Waals surface area contributed by atoms with Crippen molar-refractivity contribution in [1.82, 2.24) is 0 Å². The Morgan fingerprint density at radius 2 is 1.77 bits per heavy atom. The highest BCUT2D eigenvalue weighted by Crippen LogP contribution is 2.36. The van der Waals surface area contributed by atoms with Crippen molar-refractivity contribution in [2.45, 2.75) is 6.04 Å². The van der Waals surface area contributed by atoms with Gasteiger partial charge in [0.2, 0.25) is 0 Å². The molecule has 26 heavy (non-hydrogen) atoms. The molecule has 0 spiro atoms. The van der Waals surface area contributed by atoms with Crippen molar-refractivity contribution in [2.75, 3.05) is 7.11 Å². The van der Waals surface area contributed by atoms with E-state index in [9.17, 15) is 0 Å². The average Bonchev–Trinajstić information content (AvgIpc) is 3.12. The molecule has 0 fully saturated rings. The van der Waals surface area contributed by atoms with Crippen LogP contribution >= 0.6 is 11.6 Å². The van der Waals surface area contributed by atoms with E-state index in [2.05, 4.69) is 18.2 Å². The Bertz CT molecular complexity index is 1060. The molecule has 0 radical (unpaired) electrons. The number of fused-ring (bicyclic) bond motifs is 1. The zero-order chi connectivity index (χ0) is 18.1. The summed E-state index contributed by atoms with van der Waals surface area (Å²) in [5.41, 5.74) is 10.2. The van der Waals surface area contributed by atoms with Gasteiger partial charge < -0.3 is 14.9 Å². The second kappa shape index (κ2) is 6.87. The van der Waals surface area contributed by atoms with Crippen molar-refractivity contribution >= 4 is 22.6 Å². The normalized spacial score (nSPS) is 12.3. The van der Waals surface area contributed by atoms with Gasteiger partial charge in [0.05, 0.1) is 13.2 Å². The van der Waals surface area contributed by atoms with E-state index in [1.807, 2.05) is 48.5 Å². The number of benzene rings is 3. The van der Waals surface area contributed by atoms with Crippen LogP contribution in [-0.4, -0.2) is 7.11 Å². The summed E-state index contributed by atoms with van der Waals surface area (Å²) in [7, 11) is 1.62. The zero-order valence-corrected chi connectivity index (χ0v) is 15.0. The van der Waals surface area contributed by atoms with E-state index < -0.39 is 6.04 Å². The van der Waals surface area contributed by atoms with Gasteiger partial charge in [0.15, 0.2) is 0 Å². The average molecular weight is 364 g/mol. The lowest BCUT2D eigenvalue weighted by molar-refractivity contribution is 0.404. The van der Waals surface area contributed by atoms with Crippen LogP contribution in [-0.2, 0) is 0 Å². The second-order valence-electron chi connectivity index (χ2n) is 6.10. The molecule has 0 aliphatic carbocycles. The highest BCUT2D eigenvalue weighted by Gasteiger charge is 2.20. The molecule has 0 saturated heterocycles. The molecule has 130 valence electrons. The standard InChI is InChI=1S/C22H18ClNO2/c1-25-19-11-10-16(23)13-18(19)21(24)20-12-15-8-5-9-17(22(15)26-20)14-6-3-2-4-7-14/h2-13,21H,24H2,1H3. The fraction of sp³-hybridized carbons (Fsp3) is 0.0909. The summed E-state index contributed by atoms with van der Waals surface area (Å²) in [4.78, 5) is 0. The summed E-state index contributed by atoms with van der Waals surface area (Å²) >= 11 is 6.15. The molecule has 0 saturated carbocycles. The van der Waals surface area contributed by atoms with E-state index in [1.165, 1.54) is 0 Å². The third kappa shape index (κ3) is 2.96. The maximum absolute atomic E-state index is 6.48. The summed E-state index contributed by atoms with van der Waals surface area (Å²) in [5.74, 6) is 1.36. The number of furan rings is 1. The van der Waals surface area contributed by atoms with Gasteiger partial charge in [-0.15, -0.1) is 0 Å². The van der Waals surface area contributed by atoms with Crippen molar-refractivity contribution < 1.29 is 9.15 Å². The van der Waals surface area contributed by atoms with Gasteiger partial charge in [-0.1, -0.05) is 60.1 Å². The van der Waals surface area contributed by atoms with Gasteiger partial charge in [-0.2, -0.15) is 0 Å². The molecule has 1 atom stereocenters. The SMILES string of the molecule is COc1ccc(Cl)cc1C(N)c1cc2cccc(-c3ccccc3)c2o1. The van der Waals surface area contributed by atoms with Gasteiger partial charge in [0.25, 0.3) is 0 Å². The lowest BCUT2D eigenvalue weighted by atomic mass is 10.0. The van der Waals surface area contributed by atoms with Crippen LogP contribution in [0, 0.1) is 0 Å². The minimum Gasteiger partial charge on any atom is -0.496 e. The first kappa shape index (κ1) is 16.7. The van der Waals surface area contributed by atoms with Crippen LogP contribution in [0.25, 0.3) is 22.1 Å². The number of nitrogens with two attached hydrogens (primary N) is 1. The summed E-state index contributed by atoms with van der Waals surface area (Å²) in [6, 6.07) is 23.2. The van der Waals surface area contributed by atoms with Crippen LogP contribution in [0.5, 0.6) is 5.75 Å². The largest absolute Gasteiger partial charge is 0.496 e. The highest BCUT2D eigenvalue weighted by atomic mass is 35.5. The molecule has 0 bridgehead atoms. The summed E-state index contributed by atoms with van der Waals surface area (Å²) in [6.45, 7) is 0. The molecular formula is C22H18ClNO2. The molecule has 3 nitrogen and oxygen atoms in total. The number of para-hydroxylation sites is 1. The van der Waals surface area contributed by atoms with Gasteiger partial charge in [-0.05, 0) is 29.8 Å². The van der Waals surface area contributed by atoms with Crippen LogP contribution < -0.4 is 10.5 Å². The molecule has 0 amide bonds. The lowest BCUT2D eigenvalue weighted by Gasteiger charge is -2.14. The minimum atomic E-state index is -0.473. The summed E-state index contributed by atoms with van der Waals surface area (Å²) in [5, 5.41) is 1.62. The van der Waals surface area contributed by atoms with Crippen LogP contribution in [0.3, 0.4) is 0 Å². The molecule has 1 aromatic heterocycles. The number of hydrogen-bond acceptors (Lipinski definition) is 3. The second-order valence-corrected chi connectivity index (χ2v) is 6.54. The predicted molar refractivity (Wildman–Crippen MR) is 106 cm³/mol. The Hall–Kier alpha value is -2.75. The van der Waals surface area contributed by atoms with Crippen molar-refractivity contribution in [3.05, 3.63) is 89.1 Å². The Balaban J connectivity index is 1.83. The van der Waals surface area contributed by atoms with Crippen molar-refractivity contribution in [3.8, 4) is 16.9 Å². The van der Waals surface area contributed by atoms with Crippen molar-refractivity contribution in [1.29, 1.82) is 0 Å². The van der Waals surface area contributed by atoms with Crippen LogP contribution in [0.15, 0.2) is 77.2 Å². The lowest BCUT2D eigenvalue weighted by Crippen LogP contribution is -2.12. The molecule has 4 rings (SSSR count). The van der Waals surface area contributed by atoms with Crippen molar-refractivity contribution in [3.63, 3.8) is 0 Å². The molecule has 0 aliphatic rings. The van der Waals surface area contributed by atoms with Crippen LogP contribution in [0.4, 0.5) is 0 Å². The fourth-order valence-corrected chi connectivity index (χ4v) is 3.36. The first-order chi connectivity index (χ1) is 12.7. The van der Waals surface area contributed by atoms with E-state index in [-0.39, 0.29) is 0 Å². The monoisotopic (exact) mass is 363 g/mol. The van der Waals surface area contributed by atoms with E-state index in [4.69, 9.17) is 26.5 Å². The molecule has 1 unspecified atom stereocenters. The maximum atomic E-state index is 6.48. The molecular weight excluding hydrogens is 346 g/mol. The van der Waals surface area contributed by atoms with Gasteiger partial charge in [0.1, 0.15) is 17.1 Å². The number of rotatable bonds is 4. The van der Waals surface area contributed by atoms with E-state index in [0.717, 1.165) is 27.7 Å². The van der Waals surface area contributed by atoms with Gasteiger partial charge in [-0.3, -0.25) is 0 Å². The third-order valence-electron chi connectivity index (χ3n) is 4.48. The fourth-order valence-electron chi connectivity index (χ4n) is 3.18. The Labute approximate surface area is 157 Å². The van der Waals surface area contributed by atoms with Gasteiger partial charge >= 0.3 is 0 Å². The van der Waals surface area contributed by atoms with Crippen LogP contribution in [0.1, 0.15) is 17.4 Å². The van der Waals surface area contributed by atoms with E-state index in [0.29, 0.717) is 16.5 Å². The quantitative estimate of drug-likeness (QED) is 0.497. The molecule has 4 heteroatoms. The number of hydrogen-bond donors (Lipinski definition) is 1. The Morgan fingerprint density at radius 3 is 2.54 bits per heavy atom. The molecule has 1 heterocycles. The van der Waals surface area contributed by atoms with Gasteiger partial charge in [0, 0.05) is 21.5 Å². The molecule has 0 aliphatic heterocycles. The van der Waals surface area contributed by atoms with E-state index >= 15 is 0 Å². The minimum absolute atomic E-state index is 0.473. The molecule has 4 aromatic rings. The van der Waals surface area contributed by atoms with Crippen LogP contribution in [0.2, 0.25) is 5.02 Å². The topological polar surface area (TPSA) is 48.4 Å². The zero-order valence-electron chi connectivity index (χ0n) is 14.3. The smallest absolute Gasteiger partial charge is 0.142 e.